The lowest BCUT2D eigenvalue weighted by Gasteiger charge is -2.04. The number of rotatable bonds is 1. The summed E-state index contributed by atoms with van der Waals surface area (Å²) >= 11 is 3.02. The van der Waals surface area contributed by atoms with Gasteiger partial charge in [-0.25, -0.2) is 4.39 Å². The predicted molar refractivity (Wildman–Crippen MR) is 48.7 cm³/mol. The Kier molecular flexibility index (Phi) is 2.87. The monoisotopic (exact) mass is 232 g/mol. The van der Waals surface area contributed by atoms with E-state index in [1.54, 1.807) is 6.92 Å². The molecule has 0 radical (unpaired) electrons. The molecule has 0 bridgehead atoms. The van der Waals surface area contributed by atoms with Gasteiger partial charge in [-0.05, 0) is 24.0 Å². The van der Waals surface area contributed by atoms with Gasteiger partial charge in [0, 0.05) is 4.47 Å². The quantitative estimate of drug-likeness (QED) is 0.696. The lowest BCUT2D eigenvalue weighted by Crippen LogP contribution is -2.31. The van der Waals surface area contributed by atoms with Gasteiger partial charge in [-0.3, -0.25) is 0 Å². The Morgan fingerprint density at radius 2 is 2.00 bits per heavy atom. The highest BCUT2D eigenvalue weighted by molar-refractivity contribution is 9.10. The third-order valence-corrected chi connectivity index (χ3v) is 2.24. The number of hydrogen-bond acceptors (Lipinski definition) is 2. The fourth-order valence-electron chi connectivity index (χ4n) is 0.877. The first-order chi connectivity index (χ1) is 5.52. The molecule has 1 aromatic carbocycles. The Bertz CT molecular complexity index is 304. The van der Waals surface area contributed by atoms with Crippen molar-refractivity contribution in [3.63, 3.8) is 0 Å². The van der Waals surface area contributed by atoms with E-state index in [1.165, 1.54) is 12.1 Å². The average Bonchev–Trinajstić information content (AvgIpc) is 1.96. The molecule has 0 aliphatic rings. The zero-order valence-corrected chi connectivity index (χ0v) is 7.97. The molecule has 64 valence electrons. The molecule has 0 spiro atoms. The van der Waals surface area contributed by atoms with Crippen molar-refractivity contribution in [2.45, 2.75) is 6.92 Å². The van der Waals surface area contributed by atoms with Crippen LogP contribution < -0.4 is 5.46 Å². The van der Waals surface area contributed by atoms with Gasteiger partial charge in [0.1, 0.15) is 5.82 Å². The van der Waals surface area contributed by atoms with Crippen LogP contribution >= 0.6 is 15.9 Å². The Hall–Kier alpha value is -0.385. The number of aryl methyl sites for hydroxylation is 1. The van der Waals surface area contributed by atoms with Crippen LogP contribution in [0.4, 0.5) is 4.39 Å². The maximum Gasteiger partial charge on any atom is 0.489 e. The van der Waals surface area contributed by atoms with E-state index >= 15 is 0 Å². The van der Waals surface area contributed by atoms with Crippen LogP contribution in [0.2, 0.25) is 0 Å². The molecule has 0 atom stereocenters. The average molecular weight is 233 g/mol. The lowest BCUT2D eigenvalue weighted by molar-refractivity contribution is 0.425. The first kappa shape index (κ1) is 9.70. The predicted octanol–water partition coefficient (Wildman–Crippen LogP) is 0.576. The summed E-state index contributed by atoms with van der Waals surface area (Å²) in [5, 5.41) is 17.6. The fraction of sp³-hybridized carbons (Fsp3) is 0.143. The molecule has 2 N–H and O–H groups in total. The molecule has 0 saturated carbocycles. The number of halogens is 2. The van der Waals surface area contributed by atoms with Gasteiger partial charge in [0.15, 0.2) is 0 Å². The van der Waals surface area contributed by atoms with Gasteiger partial charge in [-0.1, -0.05) is 22.0 Å². The van der Waals surface area contributed by atoms with E-state index in [0.29, 0.717) is 10.0 Å². The van der Waals surface area contributed by atoms with E-state index in [-0.39, 0.29) is 11.3 Å². The summed E-state index contributed by atoms with van der Waals surface area (Å²) in [7, 11) is -1.57. The molecule has 0 fully saturated rings. The van der Waals surface area contributed by atoms with E-state index in [1.807, 2.05) is 0 Å². The van der Waals surface area contributed by atoms with E-state index in [0.717, 1.165) is 0 Å². The first-order valence-electron chi connectivity index (χ1n) is 3.34. The van der Waals surface area contributed by atoms with Crippen LogP contribution in [0, 0.1) is 12.7 Å². The summed E-state index contributed by atoms with van der Waals surface area (Å²) < 4.78 is 13.2. The van der Waals surface area contributed by atoms with Gasteiger partial charge >= 0.3 is 7.12 Å². The standard InChI is InChI=1S/C7H7BBrFO2/c1-4-2-5(8(11)12)6(9)3-7(4)10/h2-3,11-12H,1H3. The Labute approximate surface area is 78.3 Å². The molecule has 0 aromatic heterocycles. The Morgan fingerprint density at radius 1 is 1.42 bits per heavy atom. The van der Waals surface area contributed by atoms with Crippen LogP contribution in [0.5, 0.6) is 0 Å². The SMILES string of the molecule is Cc1cc(B(O)O)c(Br)cc1F. The van der Waals surface area contributed by atoms with E-state index in [2.05, 4.69) is 15.9 Å². The van der Waals surface area contributed by atoms with Gasteiger partial charge in [0.2, 0.25) is 0 Å². The van der Waals surface area contributed by atoms with Crippen molar-refractivity contribution in [2.24, 2.45) is 0 Å². The van der Waals surface area contributed by atoms with Crippen LogP contribution in [0.3, 0.4) is 0 Å². The molecular weight excluding hydrogens is 226 g/mol. The molecule has 1 rings (SSSR count). The highest BCUT2D eigenvalue weighted by Gasteiger charge is 2.16. The third-order valence-electron chi connectivity index (χ3n) is 1.56. The van der Waals surface area contributed by atoms with Crippen LogP contribution in [0.1, 0.15) is 5.56 Å². The minimum absolute atomic E-state index is 0.272. The molecule has 0 aliphatic heterocycles. The molecule has 0 heterocycles. The highest BCUT2D eigenvalue weighted by atomic mass is 79.9. The van der Waals surface area contributed by atoms with Crippen LogP contribution in [-0.4, -0.2) is 17.2 Å². The molecule has 0 aliphatic carbocycles. The topological polar surface area (TPSA) is 40.5 Å². The van der Waals surface area contributed by atoms with E-state index in [9.17, 15) is 4.39 Å². The molecule has 0 saturated heterocycles. The molecular formula is C7H7BBrFO2. The maximum atomic E-state index is 12.8. The number of benzene rings is 1. The Balaban J connectivity index is 3.23. The summed E-state index contributed by atoms with van der Waals surface area (Å²) in [5.41, 5.74) is 0.662. The van der Waals surface area contributed by atoms with E-state index < -0.39 is 7.12 Å². The lowest BCUT2D eigenvalue weighted by atomic mass is 9.79. The van der Waals surface area contributed by atoms with Crippen molar-refractivity contribution in [3.8, 4) is 0 Å². The first-order valence-corrected chi connectivity index (χ1v) is 4.13. The minimum atomic E-state index is -1.57. The van der Waals surface area contributed by atoms with Crippen molar-refractivity contribution < 1.29 is 14.4 Å². The van der Waals surface area contributed by atoms with Crippen molar-refractivity contribution >= 4 is 28.5 Å². The Morgan fingerprint density at radius 3 is 2.50 bits per heavy atom. The maximum absolute atomic E-state index is 12.8. The number of hydrogen-bond donors (Lipinski definition) is 2. The molecule has 5 heteroatoms. The van der Waals surface area contributed by atoms with Crippen molar-refractivity contribution in [1.82, 2.24) is 0 Å². The summed E-state index contributed by atoms with van der Waals surface area (Å²) in [6.07, 6.45) is 0. The van der Waals surface area contributed by atoms with Gasteiger partial charge in [-0.2, -0.15) is 0 Å². The second kappa shape index (κ2) is 3.55. The van der Waals surface area contributed by atoms with Crippen molar-refractivity contribution in [2.75, 3.05) is 0 Å². The van der Waals surface area contributed by atoms with Gasteiger partial charge < -0.3 is 10.0 Å². The normalized spacial score (nSPS) is 10.1. The third kappa shape index (κ3) is 1.85. The molecule has 12 heavy (non-hydrogen) atoms. The second-order valence-corrected chi connectivity index (χ2v) is 3.35. The summed E-state index contributed by atoms with van der Waals surface area (Å²) in [4.78, 5) is 0. The molecule has 0 amide bonds. The summed E-state index contributed by atoms with van der Waals surface area (Å²) in [6.45, 7) is 1.56. The summed E-state index contributed by atoms with van der Waals surface area (Å²) in [6, 6.07) is 2.61. The van der Waals surface area contributed by atoms with Gasteiger partial charge in [0.05, 0.1) is 0 Å². The second-order valence-electron chi connectivity index (χ2n) is 2.50. The zero-order valence-electron chi connectivity index (χ0n) is 6.38. The van der Waals surface area contributed by atoms with Crippen LogP contribution in [0.25, 0.3) is 0 Å². The largest absolute Gasteiger partial charge is 0.489 e. The smallest absolute Gasteiger partial charge is 0.423 e. The summed E-state index contributed by atoms with van der Waals surface area (Å²) in [5.74, 6) is -0.369. The van der Waals surface area contributed by atoms with Gasteiger partial charge in [-0.15, -0.1) is 0 Å². The van der Waals surface area contributed by atoms with Crippen molar-refractivity contribution in [1.29, 1.82) is 0 Å². The molecule has 1 aromatic rings. The van der Waals surface area contributed by atoms with Gasteiger partial charge in [0.25, 0.3) is 0 Å². The minimum Gasteiger partial charge on any atom is -0.423 e. The highest BCUT2D eigenvalue weighted by Crippen LogP contribution is 2.12. The van der Waals surface area contributed by atoms with Crippen LogP contribution in [-0.2, 0) is 0 Å². The van der Waals surface area contributed by atoms with E-state index in [4.69, 9.17) is 10.0 Å². The molecule has 2 nitrogen and oxygen atoms in total. The fourth-order valence-corrected chi connectivity index (χ4v) is 1.40. The molecule has 0 unspecified atom stereocenters. The van der Waals surface area contributed by atoms with Crippen LogP contribution in [0.15, 0.2) is 16.6 Å². The zero-order chi connectivity index (χ0) is 9.30. The van der Waals surface area contributed by atoms with Crippen molar-refractivity contribution in [3.05, 3.63) is 28.0 Å².